The van der Waals surface area contributed by atoms with Crippen molar-refractivity contribution in [3.8, 4) is 0 Å². The van der Waals surface area contributed by atoms with Gasteiger partial charge in [0.05, 0.1) is 38.1 Å². The predicted octanol–water partition coefficient (Wildman–Crippen LogP) is 0.214. The lowest BCUT2D eigenvalue weighted by molar-refractivity contribution is -0.388. The van der Waals surface area contributed by atoms with Crippen LogP contribution in [0.4, 0.5) is 0 Å². The van der Waals surface area contributed by atoms with Gasteiger partial charge in [0.15, 0.2) is 24.7 Å². The molecule has 5 heterocycles. The molecule has 0 aromatic carbocycles. The van der Waals surface area contributed by atoms with Crippen LogP contribution in [-0.2, 0) is 37.9 Å². The van der Waals surface area contributed by atoms with E-state index in [-0.39, 0.29) is 23.0 Å². The molecule has 0 unspecified atom stereocenters. The average Bonchev–Trinajstić information content (AvgIpc) is 3.70. The molecule has 26 atom stereocenters. The Bertz CT molecular complexity index is 1610. The van der Waals surface area contributed by atoms with Crippen LogP contribution in [0.5, 0.6) is 0 Å². The zero-order chi connectivity index (χ0) is 44.2. The molecular weight excluding hydrogens is 812 g/mol. The van der Waals surface area contributed by atoms with Crippen molar-refractivity contribution in [2.75, 3.05) is 19.8 Å². The van der Waals surface area contributed by atoms with Gasteiger partial charge < -0.3 is 83.9 Å². The van der Waals surface area contributed by atoms with Gasteiger partial charge in [0.2, 0.25) is 0 Å². The first-order chi connectivity index (χ1) is 29.4. The lowest BCUT2D eigenvalue weighted by Crippen LogP contribution is -2.66. The van der Waals surface area contributed by atoms with Crippen molar-refractivity contribution in [2.24, 2.45) is 46.3 Å². The van der Waals surface area contributed by atoms with Gasteiger partial charge in [-0.3, -0.25) is 0 Å². The lowest BCUT2D eigenvalue weighted by Gasteiger charge is -2.58. The molecule has 0 radical (unpaired) electrons. The monoisotopic (exact) mass is 884 g/mol. The second kappa shape index (κ2) is 17.3. The third-order valence-electron chi connectivity index (χ3n) is 17.7. The van der Waals surface area contributed by atoms with E-state index < -0.39 is 111 Å². The summed E-state index contributed by atoms with van der Waals surface area (Å²) in [5.41, 5.74) is 1.58. The smallest absolute Gasteiger partial charge is 0.187 e. The van der Waals surface area contributed by atoms with Gasteiger partial charge in [0.1, 0.15) is 67.1 Å². The van der Waals surface area contributed by atoms with Crippen molar-refractivity contribution < 1.29 is 83.9 Å². The Morgan fingerprint density at radius 2 is 1.35 bits per heavy atom. The number of hydrogen-bond acceptors (Lipinski definition) is 17. The maximum atomic E-state index is 11.5. The molecule has 1 spiro atoms. The van der Waals surface area contributed by atoms with E-state index in [4.69, 9.17) is 37.9 Å². The fraction of sp³-hybridized carbons (Fsp3) is 0.956. The van der Waals surface area contributed by atoms with E-state index in [0.717, 1.165) is 45.1 Å². The summed E-state index contributed by atoms with van der Waals surface area (Å²) in [4.78, 5) is 0. The molecule has 0 aromatic heterocycles. The van der Waals surface area contributed by atoms with Crippen molar-refractivity contribution in [1.29, 1.82) is 0 Å². The maximum absolute atomic E-state index is 11.5. The molecule has 0 bridgehead atoms. The molecule has 4 aliphatic carbocycles. The van der Waals surface area contributed by atoms with Gasteiger partial charge in [-0.2, -0.15) is 0 Å². The summed E-state index contributed by atoms with van der Waals surface area (Å²) in [6, 6.07) is 0. The minimum Gasteiger partial charge on any atom is -0.394 e. The molecule has 9 N–H and O–H groups in total. The van der Waals surface area contributed by atoms with Crippen LogP contribution in [0, 0.1) is 46.3 Å². The molecule has 0 amide bonds. The van der Waals surface area contributed by atoms with Crippen molar-refractivity contribution >= 4 is 0 Å². The zero-order valence-corrected chi connectivity index (χ0v) is 36.6. The number of ether oxygens (including phenoxy) is 8. The normalized spacial score (nSPS) is 57.6. The number of hydrogen-bond donors (Lipinski definition) is 9. The van der Waals surface area contributed by atoms with Crippen LogP contribution in [0.15, 0.2) is 11.6 Å². The van der Waals surface area contributed by atoms with Gasteiger partial charge in [-0.15, -0.1) is 0 Å². The summed E-state index contributed by atoms with van der Waals surface area (Å²) < 4.78 is 49.2. The molecule has 5 saturated heterocycles. The highest BCUT2D eigenvalue weighted by atomic mass is 16.8. The molecule has 8 fully saturated rings. The Kier molecular flexibility index (Phi) is 12.9. The largest absolute Gasteiger partial charge is 0.394 e. The van der Waals surface area contributed by atoms with Crippen molar-refractivity contribution in [3.05, 3.63) is 11.6 Å². The highest BCUT2D eigenvalue weighted by Gasteiger charge is 2.69. The van der Waals surface area contributed by atoms with Gasteiger partial charge in [-0.1, -0.05) is 39.3 Å². The minimum absolute atomic E-state index is 0.00800. The first-order valence-electron chi connectivity index (χ1n) is 23.4. The highest BCUT2D eigenvalue weighted by Crippen LogP contribution is 2.70. The van der Waals surface area contributed by atoms with E-state index in [1.165, 1.54) is 18.9 Å². The van der Waals surface area contributed by atoms with Gasteiger partial charge in [-0.05, 0) is 98.7 Å². The van der Waals surface area contributed by atoms with E-state index >= 15 is 0 Å². The van der Waals surface area contributed by atoms with Crippen LogP contribution in [0.3, 0.4) is 0 Å². The third kappa shape index (κ3) is 7.49. The van der Waals surface area contributed by atoms with Crippen molar-refractivity contribution in [2.45, 2.75) is 203 Å². The fourth-order valence-corrected chi connectivity index (χ4v) is 14.0. The van der Waals surface area contributed by atoms with Crippen LogP contribution < -0.4 is 0 Å². The van der Waals surface area contributed by atoms with E-state index in [1.807, 2.05) is 0 Å². The summed E-state index contributed by atoms with van der Waals surface area (Å²) in [6.45, 7) is 10.4. The van der Waals surface area contributed by atoms with Crippen molar-refractivity contribution in [3.63, 3.8) is 0 Å². The summed E-state index contributed by atoms with van der Waals surface area (Å²) >= 11 is 0. The second-order valence-electron chi connectivity index (χ2n) is 21.1. The third-order valence-corrected chi connectivity index (χ3v) is 17.7. The lowest BCUT2D eigenvalue weighted by atomic mass is 9.47. The minimum atomic E-state index is -1.81. The first-order valence-corrected chi connectivity index (χ1v) is 23.4. The Hall–Kier alpha value is -0.940. The van der Waals surface area contributed by atoms with E-state index in [0.29, 0.717) is 48.3 Å². The van der Waals surface area contributed by atoms with Gasteiger partial charge in [0.25, 0.3) is 0 Å². The molecule has 17 nitrogen and oxygen atoms in total. The summed E-state index contributed by atoms with van der Waals surface area (Å²) in [5.74, 6) is 2.71. The van der Waals surface area contributed by atoms with Crippen LogP contribution in [0.25, 0.3) is 0 Å². The van der Waals surface area contributed by atoms with Gasteiger partial charge in [-0.25, -0.2) is 0 Å². The molecular formula is C45H72O17. The second-order valence-corrected chi connectivity index (χ2v) is 21.1. The highest BCUT2D eigenvalue weighted by molar-refractivity contribution is 5.26. The van der Waals surface area contributed by atoms with Crippen LogP contribution >= 0.6 is 0 Å². The standard InChI is InChI=1S/C45H72O17/c1-19-8-13-45(55-18-19)20(2)30-27(62-45)15-26-24-7-6-22-14-23(9-11-43(22,4)25(24)10-12-44(26,30)5)57-41-37(54)35(52)38(29(17-47)59-41)60-42-39(34(51)32(49)28(16-46)58-42)61-40-36(53)33(50)31(48)21(3)56-40/h6,19-21,23-42,46-54H,7-18H2,1-5H3/t19-,20-,21+,23+,24+,25-,26-,27-,28+,29+,30-,31+,32+,33-,34-,35+,36+,37+,38+,39+,40-,41+,42-,43+,44-,45+/m1/s1. The Balaban J connectivity index is 0.848. The van der Waals surface area contributed by atoms with Crippen LogP contribution in [-0.4, -0.2) is 176 Å². The molecule has 3 saturated carbocycles. The number of allylic oxidation sites excluding steroid dienone is 1. The molecule has 62 heavy (non-hydrogen) atoms. The quantitative estimate of drug-likeness (QED) is 0.148. The van der Waals surface area contributed by atoms with E-state index in [1.54, 1.807) is 0 Å². The Morgan fingerprint density at radius 3 is 2.06 bits per heavy atom. The number of aliphatic hydroxyl groups excluding tert-OH is 9. The molecule has 0 aromatic rings. The Morgan fingerprint density at radius 1 is 0.677 bits per heavy atom. The number of rotatable bonds is 8. The van der Waals surface area contributed by atoms with Crippen LogP contribution in [0.1, 0.15) is 92.4 Å². The topological polar surface area (TPSA) is 256 Å². The van der Waals surface area contributed by atoms with E-state index in [2.05, 4.69) is 33.8 Å². The number of fused-ring (bicyclic) bond motifs is 7. The molecule has 17 heteroatoms. The van der Waals surface area contributed by atoms with Gasteiger partial charge in [0, 0.05) is 12.3 Å². The Labute approximate surface area is 363 Å². The van der Waals surface area contributed by atoms with Crippen LogP contribution in [0.2, 0.25) is 0 Å². The molecule has 5 aliphatic heterocycles. The summed E-state index contributed by atoms with van der Waals surface area (Å²) in [6.07, 6.45) is -12.0. The molecule has 9 rings (SSSR count). The van der Waals surface area contributed by atoms with Gasteiger partial charge >= 0.3 is 0 Å². The zero-order valence-electron chi connectivity index (χ0n) is 36.6. The average molecular weight is 885 g/mol. The maximum Gasteiger partial charge on any atom is 0.187 e. The van der Waals surface area contributed by atoms with Crippen molar-refractivity contribution in [1.82, 2.24) is 0 Å². The fourth-order valence-electron chi connectivity index (χ4n) is 14.0. The SMILES string of the molecule is C[C@@H]1CC[C@]2(OC1)O[C@@H]1C[C@@H]3[C@H]4CC=C5C[C@@H](O[C@H]6O[C@@H](CO)[C@H](O[C@H]7O[C@@H](CO)[C@H](O)[C@@H](O)[C@@H]7O[C@H]7O[C@@H](C)[C@H](O)[C@@H](O)[C@@H]7O)[C@@H](O)[C@@H]6O)CC[C@]5(C)[C@@H]4CC[C@@]3(C)[C@@H]1[C@H]2C. The summed E-state index contributed by atoms with van der Waals surface area (Å²) in [5, 5.41) is 96.2. The van der Waals surface area contributed by atoms with E-state index in [9.17, 15) is 46.0 Å². The molecule has 9 aliphatic rings. The molecule has 354 valence electrons. The number of aliphatic hydroxyl groups is 9. The summed E-state index contributed by atoms with van der Waals surface area (Å²) in [7, 11) is 0. The predicted molar refractivity (Wildman–Crippen MR) is 214 cm³/mol. The first kappa shape index (κ1) is 46.2.